The standard InChI is InChI=1S/C18H20FN3O4/c1-11-15(9-17(23)21-7-8-26-16(10-21)18(24)25)12(2)22(20-11)14-5-3-13(19)4-6-14/h3-6,16H,7-10H2,1-2H3,(H,24,25). The number of amides is 1. The SMILES string of the molecule is Cc1nn(-c2ccc(F)cc2)c(C)c1CC(=O)N1CCOC(C(=O)O)C1. The Morgan fingerprint density at radius 1 is 1.31 bits per heavy atom. The minimum Gasteiger partial charge on any atom is -0.479 e. The lowest BCUT2D eigenvalue weighted by molar-refractivity contribution is -0.159. The molecule has 3 rings (SSSR count). The monoisotopic (exact) mass is 361 g/mol. The van der Waals surface area contributed by atoms with E-state index in [1.54, 1.807) is 16.8 Å². The molecule has 0 radical (unpaired) electrons. The maximum atomic E-state index is 13.1. The highest BCUT2D eigenvalue weighted by Crippen LogP contribution is 2.20. The number of nitrogens with zero attached hydrogens (tertiary/aromatic N) is 3. The molecule has 7 nitrogen and oxygen atoms in total. The molecule has 1 unspecified atom stereocenters. The third-order valence-electron chi connectivity index (χ3n) is 4.53. The molecule has 1 saturated heterocycles. The van der Waals surface area contributed by atoms with Crippen LogP contribution in [-0.4, -0.2) is 57.5 Å². The fourth-order valence-corrected chi connectivity index (χ4v) is 3.05. The van der Waals surface area contributed by atoms with Gasteiger partial charge in [-0.15, -0.1) is 0 Å². The van der Waals surface area contributed by atoms with Crippen molar-refractivity contribution < 1.29 is 23.8 Å². The Morgan fingerprint density at radius 3 is 2.65 bits per heavy atom. The van der Waals surface area contributed by atoms with Crippen LogP contribution in [0.2, 0.25) is 0 Å². The molecule has 2 heterocycles. The first kappa shape index (κ1) is 18.1. The van der Waals surface area contributed by atoms with Gasteiger partial charge in [0.05, 0.1) is 31.0 Å². The van der Waals surface area contributed by atoms with Crippen LogP contribution in [0, 0.1) is 19.7 Å². The van der Waals surface area contributed by atoms with Crippen LogP contribution < -0.4 is 0 Å². The van der Waals surface area contributed by atoms with Crippen molar-refractivity contribution in [3.63, 3.8) is 0 Å². The van der Waals surface area contributed by atoms with Gasteiger partial charge in [0.1, 0.15) is 5.82 Å². The van der Waals surface area contributed by atoms with Crippen molar-refractivity contribution in [3.8, 4) is 5.69 Å². The molecule has 1 N–H and O–H groups in total. The molecular weight excluding hydrogens is 341 g/mol. The van der Waals surface area contributed by atoms with Crippen LogP contribution in [-0.2, 0) is 20.7 Å². The van der Waals surface area contributed by atoms with Gasteiger partial charge in [-0.05, 0) is 38.1 Å². The average molecular weight is 361 g/mol. The number of carbonyl (C=O) groups excluding carboxylic acids is 1. The smallest absolute Gasteiger partial charge is 0.334 e. The summed E-state index contributed by atoms with van der Waals surface area (Å²) in [4.78, 5) is 25.2. The second kappa shape index (κ2) is 7.25. The zero-order chi connectivity index (χ0) is 18.8. The average Bonchev–Trinajstić information content (AvgIpc) is 2.90. The summed E-state index contributed by atoms with van der Waals surface area (Å²) in [5, 5.41) is 13.5. The lowest BCUT2D eigenvalue weighted by atomic mass is 10.1. The van der Waals surface area contributed by atoms with E-state index in [1.165, 1.54) is 17.0 Å². The Labute approximate surface area is 150 Å². The van der Waals surface area contributed by atoms with Crippen LogP contribution in [0.4, 0.5) is 4.39 Å². The number of ether oxygens (including phenoxy) is 1. The minimum absolute atomic E-state index is 0.0400. The van der Waals surface area contributed by atoms with Crippen LogP contribution in [0.5, 0.6) is 0 Å². The van der Waals surface area contributed by atoms with E-state index < -0.39 is 12.1 Å². The molecule has 1 aromatic heterocycles. The van der Waals surface area contributed by atoms with Gasteiger partial charge in [0.15, 0.2) is 6.10 Å². The summed E-state index contributed by atoms with van der Waals surface area (Å²) in [5.74, 6) is -1.56. The van der Waals surface area contributed by atoms with Gasteiger partial charge < -0.3 is 14.7 Å². The number of carboxylic acids is 1. The Kier molecular flexibility index (Phi) is 5.03. The lowest BCUT2D eigenvalue weighted by Gasteiger charge is -2.31. The molecule has 0 spiro atoms. The summed E-state index contributed by atoms with van der Waals surface area (Å²) in [6.45, 7) is 4.28. The van der Waals surface area contributed by atoms with Crippen LogP contribution in [0.1, 0.15) is 17.0 Å². The Balaban J connectivity index is 1.78. The van der Waals surface area contributed by atoms with E-state index >= 15 is 0 Å². The highest BCUT2D eigenvalue weighted by molar-refractivity contribution is 5.81. The molecule has 1 atom stereocenters. The molecule has 1 aliphatic heterocycles. The summed E-state index contributed by atoms with van der Waals surface area (Å²) in [6, 6.07) is 5.96. The van der Waals surface area contributed by atoms with Gasteiger partial charge in [0, 0.05) is 17.8 Å². The van der Waals surface area contributed by atoms with E-state index in [4.69, 9.17) is 9.84 Å². The van der Waals surface area contributed by atoms with E-state index in [1.807, 2.05) is 13.8 Å². The normalized spacial score (nSPS) is 17.3. The number of aliphatic carboxylic acids is 1. The topological polar surface area (TPSA) is 84.7 Å². The molecule has 138 valence electrons. The molecule has 0 bridgehead atoms. The number of hydrogen-bond acceptors (Lipinski definition) is 4. The number of benzene rings is 1. The summed E-state index contributed by atoms with van der Waals surface area (Å²) >= 11 is 0. The maximum Gasteiger partial charge on any atom is 0.334 e. The fourth-order valence-electron chi connectivity index (χ4n) is 3.05. The molecular formula is C18H20FN3O4. The van der Waals surface area contributed by atoms with E-state index in [9.17, 15) is 14.0 Å². The first-order valence-electron chi connectivity index (χ1n) is 8.30. The van der Waals surface area contributed by atoms with Gasteiger partial charge in [0.25, 0.3) is 0 Å². The van der Waals surface area contributed by atoms with Crippen molar-refractivity contribution in [2.45, 2.75) is 26.4 Å². The summed E-state index contributed by atoms with van der Waals surface area (Å²) in [5.41, 5.74) is 3.01. The predicted octanol–water partition coefficient (Wildman–Crippen LogP) is 1.48. The predicted molar refractivity (Wildman–Crippen MR) is 90.7 cm³/mol. The van der Waals surface area contributed by atoms with Crippen molar-refractivity contribution in [1.29, 1.82) is 0 Å². The third-order valence-corrected chi connectivity index (χ3v) is 4.53. The second-order valence-electron chi connectivity index (χ2n) is 6.25. The zero-order valence-electron chi connectivity index (χ0n) is 14.6. The minimum atomic E-state index is -1.07. The van der Waals surface area contributed by atoms with Crippen LogP contribution in [0.3, 0.4) is 0 Å². The van der Waals surface area contributed by atoms with E-state index in [0.29, 0.717) is 17.9 Å². The largest absolute Gasteiger partial charge is 0.479 e. The molecule has 0 aliphatic carbocycles. The van der Waals surface area contributed by atoms with Crippen LogP contribution >= 0.6 is 0 Å². The summed E-state index contributed by atoms with van der Waals surface area (Å²) < 4.78 is 19.9. The van der Waals surface area contributed by atoms with E-state index in [0.717, 1.165) is 11.3 Å². The van der Waals surface area contributed by atoms with Gasteiger partial charge in [-0.25, -0.2) is 13.9 Å². The molecule has 1 amide bonds. The van der Waals surface area contributed by atoms with Crippen molar-refractivity contribution in [2.24, 2.45) is 0 Å². The molecule has 1 aliphatic rings. The molecule has 2 aromatic rings. The first-order chi connectivity index (χ1) is 12.4. The molecule has 26 heavy (non-hydrogen) atoms. The van der Waals surface area contributed by atoms with Gasteiger partial charge in [-0.1, -0.05) is 0 Å². The number of morpholine rings is 1. The van der Waals surface area contributed by atoms with Crippen molar-refractivity contribution in [3.05, 3.63) is 47.0 Å². The first-order valence-corrected chi connectivity index (χ1v) is 8.30. The van der Waals surface area contributed by atoms with Crippen LogP contribution in [0.15, 0.2) is 24.3 Å². The number of carboxylic acid groups (broad SMARTS) is 1. The number of aryl methyl sites for hydroxylation is 1. The van der Waals surface area contributed by atoms with Crippen LogP contribution in [0.25, 0.3) is 5.69 Å². The van der Waals surface area contributed by atoms with Crippen molar-refractivity contribution in [2.75, 3.05) is 19.7 Å². The lowest BCUT2D eigenvalue weighted by Crippen LogP contribution is -2.49. The Morgan fingerprint density at radius 2 is 2.00 bits per heavy atom. The van der Waals surface area contributed by atoms with E-state index in [2.05, 4.69) is 5.10 Å². The summed E-state index contributed by atoms with van der Waals surface area (Å²) in [7, 11) is 0. The zero-order valence-corrected chi connectivity index (χ0v) is 14.6. The highest BCUT2D eigenvalue weighted by Gasteiger charge is 2.29. The number of hydrogen-bond donors (Lipinski definition) is 1. The quantitative estimate of drug-likeness (QED) is 0.892. The Hall–Kier alpha value is -2.74. The highest BCUT2D eigenvalue weighted by atomic mass is 19.1. The number of rotatable bonds is 4. The fraction of sp³-hybridized carbons (Fsp3) is 0.389. The number of halogens is 1. The molecule has 8 heteroatoms. The van der Waals surface area contributed by atoms with Crippen molar-refractivity contribution in [1.82, 2.24) is 14.7 Å². The summed E-state index contributed by atoms with van der Waals surface area (Å²) in [6.07, 6.45) is -0.859. The third kappa shape index (κ3) is 3.60. The van der Waals surface area contributed by atoms with E-state index in [-0.39, 0.29) is 31.3 Å². The van der Waals surface area contributed by atoms with Crippen molar-refractivity contribution >= 4 is 11.9 Å². The van der Waals surface area contributed by atoms with Gasteiger partial charge in [-0.2, -0.15) is 5.10 Å². The number of carbonyl (C=O) groups is 2. The van der Waals surface area contributed by atoms with Gasteiger partial charge in [-0.3, -0.25) is 4.79 Å². The second-order valence-corrected chi connectivity index (χ2v) is 6.25. The maximum absolute atomic E-state index is 13.1. The van der Waals surface area contributed by atoms with Gasteiger partial charge in [0.2, 0.25) is 5.91 Å². The molecule has 1 fully saturated rings. The molecule has 1 aromatic carbocycles. The molecule has 0 saturated carbocycles. The number of aromatic nitrogens is 2. The van der Waals surface area contributed by atoms with Gasteiger partial charge >= 0.3 is 5.97 Å². The Bertz CT molecular complexity index is 832.